The van der Waals surface area contributed by atoms with Crippen LogP contribution in [0.1, 0.15) is 162 Å². The minimum Gasteiger partial charge on any atom is -0.457 e. The molecule has 316 valence electrons. The molecule has 2 N–H and O–H groups in total. The highest BCUT2D eigenvalue weighted by atomic mass is 31.2. The van der Waals surface area contributed by atoms with E-state index in [4.69, 9.17) is 18.5 Å². The van der Waals surface area contributed by atoms with Crippen molar-refractivity contribution in [1.82, 2.24) is 0 Å². The molecular weight excluding hydrogens is 701 g/mol. The first-order chi connectivity index (χ1) is 26.0. The lowest BCUT2D eigenvalue weighted by Crippen LogP contribution is -2.37. The highest BCUT2D eigenvalue weighted by molar-refractivity contribution is 7.47. The van der Waals surface area contributed by atoms with E-state index in [2.05, 4.69) is 38.2 Å². The van der Waals surface area contributed by atoms with Gasteiger partial charge in [0.25, 0.3) is 0 Å². The summed E-state index contributed by atoms with van der Waals surface area (Å²) < 4.78 is 34.8. The SMILES string of the molecule is CCCCC/C=C/C/C=C/C/C=C/C=C/C(O)CCCC(=O)OC(COCCCCCCCCCCCCCCCC)COP(=O)(O)OCC[N+](C)(C)C. The van der Waals surface area contributed by atoms with Crippen molar-refractivity contribution < 1.29 is 42.4 Å². The molecule has 54 heavy (non-hydrogen) atoms. The number of likely N-dealkylation sites (N-methyl/N-ethyl adjacent to an activating group) is 1. The fourth-order valence-electron chi connectivity index (χ4n) is 5.60. The van der Waals surface area contributed by atoms with Gasteiger partial charge in [0.15, 0.2) is 0 Å². The van der Waals surface area contributed by atoms with Gasteiger partial charge in [-0.05, 0) is 44.9 Å². The van der Waals surface area contributed by atoms with Crippen molar-refractivity contribution >= 4 is 13.8 Å². The van der Waals surface area contributed by atoms with Crippen molar-refractivity contribution in [1.29, 1.82) is 0 Å². The summed E-state index contributed by atoms with van der Waals surface area (Å²) in [6.07, 6.45) is 40.3. The average molecular weight is 785 g/mol. The average Bonchev–Trinajstić information content (AvgIpc) is 3.11. The van der Waals surface area contributed by atoms with Crippen LogP contribution >= 0.6 is 7.82 Å². The molecule has 0 aromatic heterocycles. The first-order valence-electron chi connectivity index (χ1n) is 21.5. The number of phosphoric acid groups is 1. The van der Waals surface area contributed by atoms with E-state index in [9.17, 15) is 19.4 Å². The number of hydrogen-bond acceptors (Lipinski definition) is 7. The highest BCUT2D eigenvalue weighted by Crippen LogP contribution is 2.43. The number of aliphatic hydroxyl groups is 1. The molecule has 10 heteroatoms. The summed E-state index contributed by atoms with van der Waals surface area (Å²) >= 11 is 0. The molecule has 3 atom stereocenters. The number of rotatable bonds is 39. The molecule has 0 aromatic rings. The fourth-order valence-corrected chi connectivity index (χ4v) is 6.34. The van der Waals surface area contributed by atoms with Crippen LogP contribution in [0.4, 0.5) is 0 Å². The van der Waals surface area contributed by atoms with Crippen LogP contribution in [0.15, 0.2) is 48.6 Å². The zero-order valence-corrected chi connectivity index (χ0v) is 36.2. The topological polar surface area (TPSA) is 112 Å². The Bertz CT molecular complexity index is 1020. The van der Waals surface area contributed by atoms with E-state index >= 15 is 0 Å². The predicted molar refractivity (Wildman–Crippen MR) is 225 cm³/mol. The summed E-state index contributed by atoms with van der Waals surface area (Å²) in [6, 6.07) is 0. The minimum atomic E-state index is -4.33. The first-order valence-corrected chi connectivity index (χ1v) is 23.0. The molecule has 0 heterocycles. The van der Waals surface area contributed by atoms with Crippen LogP contribution in [0.2, 0.25) is 0 Å². The molecule has 0 radical (unpaired) electrons. The lowest BCUT2D eigenvalue weighted by Gasteiger charge is -2.24. The number of unbranched alkanes of at least 4 members (excludes halogenated alkanes) is 16. The van der Waals surface area contributed by atoms with Crippen molar-refractivity contribution in [2.75, 3.05) is 54.1 Å². The molecule has 0 rings (SSSR count). The molecule has 9 nitrogen and oxygen atoms in total. The van der Waals surface area contributed by atoms with Gasteiger partial charge in [0, 0.05) is 13.0 Å². The monoisotopic (exact) mass is 785 g/mol. The quantitative estimate of drug-likeness (QED) is 0.0158. The molecule has 0 spiro atoms. The van der Waals surface area contributed by atoms with Gasteiger partial charge in [-0.2, -0.15) is 0 Å². The summed E-state index contributed by atoms with van der Waals surface area (Å²) in [4.78, 5) is 22.9. The predicted octanol–water partition coefficient (Wildman–Crippen LogP) is 11.4. The molecule has 0 bridgehead atoms. The number of phosphoric ester groups is 1. The smallest absolute Gasteiger partial charge is 0.457 e. The molecule has 0 aliphatic heterocycles. The van der Waals surface area contributed by atoms with E-state index in [0.29, 0.717) is 30.5 Å². The van der Waals surface area contributed by atoms with Crippen LogP contribution in [-0.2, 0) is 27.9 Å². The Labute approximate surface area is 331 Å². The highest BCUT2D eigenvalue weighted by Gasteiger charge is 2.26. The summed E-state index contributed by atoms with van der Waals surface area (Å²) in [5.74, 6) is -0.471. The van der Waals surface area contributed by atoms with Crippen molar-refractivity contribution in [2.24, 2.45) is 0 Å². The number of nitrogens with zero attached hydrogens (tertiary/aromatic N) is 1. The largest absolute Gasteiger partial charge is 0.472 e. The summed E-state index contributed by atoms with van der Waals surface area (Å²) in [5.41, 5.74) is 0. The summed E-state index contributed by atoms with van der Waals surface area (Å²) in [7, 11) is 1.55. The Hall–Kier alpha value is -1.58. The van der Waals surface area contributed by atoms with E-state index in [-0.39, 0.29) is 26.2 Å². The Morgan fingerprint density at radius 2 is 1.22 bits per heavy atom. The second-order valence-corrected chi connectivity index (χ2v) is 17.0. The Morgan fingerprint density at radius 3 is 1.83 bits per heavy atom. The molecule has 0 aliphatic carbocycles. The zero-order valence-electron chi connectivity index (χ0n) is 35.3. The minimum absolute atomic E-state index is 0.0537. The third-order valence-corrected chi connectivity index (χ3v) is 9.98. The van der Waals surface area contributed by atoms with Crippen molar-refractivity contribution in [2.45, 2.75) is 174 Å². The third-order valence-electron chi connectivity index (χ3n) is 9.00. The maximum Gasteiger partial charge on any atom is 0.472 e. The van der Waals surface area contributed by atoms with Gasteiger partial charge in [-0.15, -0.1) is 0 Å². The van der Waals surface area contributed by atoms with Crippen molar-refractivity contribution in [3.8, 4) is 0 Å². The number of aliphatic hydroxyl groups excluding tert-OH is 1. The number of allylic oxidation sites excluding steroid dienone is 7. The van der Waals surface area contributed by atoms with Crippen LogP contribution in [0.3, 0.4) is 0 Å². The molecule has 0 amide bonds. The van der Waals surface area contributed by atoms with Gasteiger partial charge in [0.05, 0.1) is 40.5 Å². The molecule has 3 unspecified atom stereocenters. The van der Waals surface area contributed by atoms with E-state index < -0.39 is 26.0 Å². The second kappa shape index (κ2) is 37.0. The van der Waals surface area contributed by atoms with E-state index in [1.165, 1.54) is 96.3 Å². The number of ether oxygens (including phenoxy) is 2. The maximum atomic E-state index is 12.7. The number of esters is 1. The number of hydrogen-bond donors (Lipinski definition) is 2. The van der Waals surface area contributed by atoms with Crippen LogP contribution in [0.5, 0.6) is 0 Å². The molecule has 0 fully saturated rings. The number of quaternary nitrogens is 1. The lowest BCUT2D eigenvalue weighted by molar-refractivity contribution is -0.870. The Kier molecular flexibility index (Phi) is 35.9. The van der Waals surface area contributed by atoms with Crippen LogP contribution in [0, 0.1) is 0 Å². The zero-order chi connectivity index (χ0) is 40.0. The molecule has 0 aliphatic rings. The van der Waals surface area contributed by atoms with Gasteiger partial charge in [0.2, 0.25) is 0 Å². The van der Waals surface area contributed by atoms with Gasteiger partial charge in [-0.3, -0.25) is 13.8 Å². The van der Waals surface area contributed by atoms with Crippen LogP contribution in [0.25, 0.3) is 0 Å². The van der Waals surface area contributed by atoms with Gasteiger partial charge >= 0.3 is 13.8 Å². The van der Waals surface area contributed by atoms with Crippen LogP contribution in [-0.4, -0.2) is 86.8 Å². The number of carbonyl (C=O) groups excluding carboxylic acids is 1. The van der Waals surface area contributed by atoms with Gasteiger partial charge in [-0.1, -0.05) is 159 Å². The van der Waals surface area contributed by atoms with E-state index in [0.717, 1.165) is 32.1 Å². The molecule has 0 saturated carbocycles. The van der Waals surface area contributed by atoms with Gasteiger partial charge < -0.3 is 24.0 Å². The first kappa shape index (κ1) is 52.4. The van der Waals surface area contributed by atoms with E-state index in [1.807, 2.05) is 39.4 Å². The Balaban J connectivity index is 4.46. The molecule has 0 aromatic carbocycles. The standard InChI is InChI=1S/C44H82NO8P/c1-6-8-10-12-14-16-18-20-22-24-26-28-30-32-38-50-40-43(41-52-54(48,49)51-39-37-45(3,4)5)53-44(47)36-33-35-42(46)34-31-29-27-25-23-21-19-17-15-13-11-9-7-2/h15,17,21,23,27,29,31,34,42-43,46H,6-14,16,18-20,22,24-26,28,30,32-33,35-41H2,1-5H3/p+1/b17-15+,23-21+,29-27+,34-31+. The van der Waals surface area contributed by atoms with E-state index in [1.54, 1.807) is 6.08 Å². The van der Waals surface area contributed by atoms with Gasteiger partial charge in [-0.25, -0.2) is 4.57 Å². The maximum absolute atomic E-state index is 12.7. The van der Waals surface area contributed by atoms with Crippen LogP contribution < -0.4 is 0 Å². The fraction of sp³-hybridized carbons (Fsp3) is 0.795. The third kappa shape index (κ3) is 40.1. The Morgan fingerprint density at radius 1 is 0.667 bits per heavy atom. The second-order valence-electron chi connectivity index (χ2n) is 15.6. The normalized spacial score (nSPS) is 14.9. The van der Waals surface area contributed by atoms with Crippen molar-refractivity contribution in [3.63, 3.8) is 0 Å². The van der Waals surface area contributed by atoms with Gasteiger partial charge in [0.1, 0.15) is 19.3 Å². The molecular formula is C44H83NO8P+. The molecule has 0 saturated heterocycles. The summed E-state index contributed by atoms with van der Waals surface area (Å²) in [6.45, 7) is 5.32. The number of carbonyl (C=O) groups is 1. The van der Waals surface area contributed by atoms with Crippen molar-refractivity contribution in [3.05, 3.63) is 48.6 Å². The lowest BCUT2D eigenvalue weighted by atomic mass is 10.0. The summed E-state index contributed by atoms with van der Waals surface area (Å²) in [5, 5.41) is 10.3.